The Morgan fingerprint density at radius 3 is 2.10 bits per heavy atom. The van der Waals surface area contributed by atoms with Gasteiger partial charge in [0, 0.05) is 0 Å². The molecule has 0 aromatic heterocycles. The van der Waals surface area contributed by atoms with E-state index in [0.29, 0.717) is 11.1 Å². The molecule has 0 fully saturated rings. The van der Waals surface area contributed by atoms with Crippen LogP contribution in [0.15, 0.2) is 29.2 Å². The van der Waals surface area contributed by atoms with Gasteiger partial charge in [0.15, 0.2) is 0 Å². The molecule has 0 unspecified atom stereocenters. The highest BCUT2D eigenvalue weighted by Gasteiger charge is 2.22. The van der Waals surface area contributed by atoms with E-state index in [-0.39, 0.29) is 16.7 Å². The Morgan fingerprint density at radius 1 is 1.00 bits per heavy atom. The first-order chi connectivity index (χ1) is 9.64. The average molecular weight is 305 g/mol. The summed E-state index contributed by atoms with van der Waals surface area (Å²) in [5, 5.41) is 1.89. The van der Waals surface area contributed by atoms with Gasteiger partial charge in [0.2, 0.25) is 0 Å². The number of hydrogen-bond acceptors (Lipinski definition) is 3. The Balaban J connectivity index is 3.11. The molecule has 0 bridgehead atoms. The van der Waals surface area contributed by atoms with Crippen LogP contribution in [-0.2, 0) is 10.1 Å². The van der Waals surface area contributed by atoms with E-state index < -0.39 is 10.1 Å². The van der Waals surface area contributed by atoms with E-state index in [1.165, 1.54) is 0 Å². The largest absolute Gasteiger partial charge is 0.744 e. The van der Waals surface area contributed by atoms with Crippen molar-refractivity contribution < 1.29 is 13.0 Å². The summed E-state index contributed by atoms with van der Waals surface area (Å²) in [7, 11) is -4.51. The van der Waals surface area contributed by atoms with Gasteiger partial charge in [0.1, 0.15) is 10.1 Å². The lowest BCUT2D eigenvalue weighted by Crippen LogP contribution is -2.11. The smallest absolute Gasteiger partial charge is 0.125 e. The Morgan fingerprint density at radius 2 is 1.62 bits per heavy atom. The Bertz CT molecular complexity index is 787. The second kappa shape index (κ2) is 5.43. The van der Waals surface area contributed by atoms with Crippen LogP contribution in [0.5, 0.6) is 0 Å². The summed E-state index contributed by atoms with van der Waals surface area (Å²) in [5.41, 5.74) is 2.36. The highest BCUT2D eigenvalue weighted by molar-refractivity contribution is 7.85. The van der Waals surface area contributed by atoms with E-state index in [0.717, 1.165) is 16.3 Å². The van der Waals surface area contributed by atoms with Gasteiger partial charge in [-0.3, -0.25) is 0 Å². The lowest BCUT2D eigenvalue weighted by Gasteiger charge is -2.24. The number of fused-ring (bicyclic) bond motifs is 1. The fourth-order valence-corrected chi connectivity index (χ4v) is 4.09. The molecule has 0 radical (unpaired) electrons. The van der Waals surface area contributed by atoms with Gasteiger partial charge in [-0.05, 0) is 52.3 Å². The maximum atomic E-state index is 11.9. The van der Waals surface area contributed by atoms with E-state index in [1.807, 2.05) is 58.9 Å². The lowest BCUT2D eigenvalue weighted by atomic mass is 9.88. The summed E-state index contributed by atoms with van der Waals surface area (Å²) in [5.74, 6) is -0.0584. The number of aryl methyl sites for hydroxylation is 1. The molecule has 114 valence electrons. The summed E-state index contributed by atoms with van der Waals surface area (Å²) in [4.78, 5) is -0.0226. The zero-order chi connectivity index (χ0) is 15.9. The predicted molar refractivity (Wildman–Crippen MR) is 84.8 cm³/mol. The normalized spacial score (nSPS) is 12.6. The average Bonchev–Trinajstić information content (AvgIpc) is 2.35. The predicted octanol–water partition coefficient (Wildman–Crippen LogP) is 4.30. The van der Waals surface area contributed by atoms with Gasteiger partial charge >= 0.3 is 0 Å². The monoisotopic (exact) mass is 305 g/mol. The molecule has 0 amide bonds. The van der Waals surface area contributed by atoms with Gasteiger partial charge in [-0.25, -0.2) is 8.42 Å². The summed E-state index contributed by atoms with van der Waals surface area (Å²) in [6.07, 6.45) is 0. The highest BCUT2D eigenvalue weighted by Crippen LogP contribution is 2.38. The molecule has 2 rings (SSSR count). The number of rotatable bonds is 3. The van der Waals surface area contributed by atoms with E-state index in [1.54, 1.807) is 0 Å². The second-order valence-electron chi connectivity index (χ2n) is 6.14. The molecule has 0 aliphatic heterocycles. The maximum absolute atomic E-state index is 11.9. The van der Waals surface area contributed by atoms with Crippen molar-refractivity contribution in [1.82, 2.24) is 0 Å². The van der Waals surface area contributed by atoms with E-state index in [2.05, 4.69) is 0 Å². The number of hydrogen-bond donors (Lipinski definition) is 0. The van der Waals surface area contributed by atoms with Crippen molar-refractivity contribution in [2.75, 3.05) is 0 Å². The topological polar surface area (TPSA) is 57.2 Å². The van der Waals surface area contributed by atoms with Gasteiger partial charge in [-0.2, -0.15) is 0 Å². The van der Waals surface area contributed by atoms with Crippen molar-refractivity contribution in [3.63, 3.8) is 0 Å². The van der Waals surface area contributed by atoms with Crippen LogP contribution >= 0.6 is 0 Å². The van der Waals surface area contributed by atoms with Gasteiger partial charge in [-0.1, -0.05) is 45.9 Å². The van der Waals surface area contributed by atoms with Crippen LogP contribution in [0.4, 0.5) is 0 Å². The molecule has 0 atom stereocenters. The summed E-state index contributed by atoms with van der Waals surface area (Å²) >= 11 is 0. The zero-order valence-electron chi connectivity index (χ0n) is 13.1. The molecule has 0 saturated heterocycles. The molecular weight excluding hydrogens is 284 g/mol. The van der Waals surface area contributed by atoms with Crippen molar-refractivity contribution in [1.29, 1.82) is 0 Å². The van der Waals surface area contributed by atoms with Gasteiger partial charge in [0.25, 0.3) is 0 Å². The molecule has 0 aliphatic rings. The Labute approximate surface area is 126 Å². The Hall–Kier alpha value is -1.39. The first-order valence-corrected chi connectivity index (χ1v) is 8.57. The van der Waals surface area contributed by atoms with Crippen molar-refractivity contribution >= 4 is 20.9 Å². The first kappa shape index (κ1) is 16.0. The molecule has 21 heavy (non-hydrogen) atoms. The second-order valence-corrected chi connectivity index (χ2v) is 7.46. The van der Waals surface area contributed by atoms with Crippen LogP contribution in [0.25, 0.3) is 10.8 Å². The van der Waals surface area contributed by atoms with Crippen LogP contribution in [0, 0.1) is 6.92 Å². The molecule has 2 aromatic carbocycles. The van der Waals surface area contributed by atoms with Gasteiger partial charge in [-0.15, -0.1) is 0 Å². The SMILES string of the molecule is Cc1cccc2c(C(C)C)c(S(=O)(=O)[O-])c(C(C)C)cc12. The minimum atomic E-state index is -4.51. The van der Waals surface area contributed by atoms with E-state index in [9.17, 15) is 13.0 Å². The van der Waals surface area contributed by atoms with Crippen LogP contribution in [0.2, 0.25) is 0 Å². The van der Waals surface area contributed by atoms with E-state index >= 15 is 0 Å². The summed E-state index contributed by atoms with van der Waals surface area (Å²) < 4.78 is 35.6. The molecule has 3 nitrogen and oxygen atoms in total. The van der Waals surface area contributed by atoms with Crippen LogP contribution < -0.4 is 0 Å². The Kier molecular flexibility index (Phi) is 4.13. The molecule has 2 aromatic rings. The lowest BCUT2D eigenvalue weighted by molar-refractivity contribution is 0.460. The fraction of sp³-hybridized carbons (Fsp3) is 0.412. The third-order valence-corrected chi connectivity index (χ3v) is 4.83. The first-order valence-electron chi connectivity index (χ1n) is 7.16. The summed E-state index contributed by atoms with van der Waals surface area (Å²) in [6, 6.07) is 7.67. The van der Waals surface area contributed by atoms with Gasteiger partial charge < -0.3 is 4.55 Å². The molecule has 0 heterocycles. The van der Waals surface area contributed by atoms with Crippen LogP contribution in [0.1, 0.15) is 56.2 Å². The third-order valence-electron chi connectivity index (χ3n) is 3.87. The standard InChI is InChI=1S/C17H22O3S/c1-10(2)14-9-15-12(5)7-6-8-13(15)16(11(3)4)17(14)21(18,19)20/h6-11H,1-5H3,(H,18,19,20)/p-1. The molecule has 0 spiro atoms. The molecular formula is C17H21O3S-. The minimum Gasteiger partial charge on any atom is -0.744 e. The van der Waals surface area contributed by atoms with Crippen LogP contribution in [-0.4, -0.2) is 13.0 Å². The quantitative estimate of drug-likeness (QED) is 0.794. The number of benzene rings is 2. The molecule has 0 saturated carbocycles. The highest BCUT2D eigenvalue weighted by atomic mass is 32.2. The summed E-state index contributed by atoms with van der Waals surface area (Å²) in [6.45, 7) is 9.68. The fourth-order valence-electron chi connectivity index (χ4n) is 2.89. The molecule has 4 heteroatoms. The molecule has 0 aliphatic carbocycles. The third kappa shape index (κ3) is 2.83. The van der Waals surface area contributed by atoms with Crippen LogP contribution in [0.3, 0.4) is 0 Å². The van der Waals surface area contributed by atoms with Crippen molar-refractivity contribution in [2.45, 2.75) is 51.3 Å². The zero-order valence-corrected chi connectivity index (χ0v) is 13.9. The molecule has 0 N–H and O–H groups in total. The van der Waals surface area contributed by atoms with E-state index in [4.69, 9.17) is 0 Å². The van der Waals surface area contributed by atoms with Crippen molar-refractivity contribution in [3.8, 4) is 0 Å². The minimum absolute atomic E-state index is 0.0226. The van der Waals surface area contributed by atoms with Crippen molar-refractivity contribution in [2.24, 2.45) is 0 Å². The maximum Gasteiger partial charge on any atom is 0.125 e. The van der Waals surface area contributed by atoms with Gasteiger partial charge in [0.05, 0.1) is 4.90 Å². The van der Waals surface area contributed by atoms with Crippen molar-refractivity contribution in [3.05, 3.63) is 41.0 Å².